The van der Waals surface area contributed by atoms with Gasteiger partial charge in [0.15, 0.2) is 11.7 Å². The third-order valence-corrected chi connectivity index (χ3v) is 4.84. The molecule has 0 radical (unpaired) electrons. The normalized spacial score (nSPS) is 11.6. The van der Waals surface area contributed by atoms with E-state index < -0.39 is 11.8 Å². The Morgan fingerprint density at radius 1 is 1.13 bits per heavy atom. The summed E-state index contributed by atoms with van der Waals surface area (Å²) >= 11 is 11.0. The first-order chi connectivity index (χ1) is 14.4. The number of ether oxygens (including phenoxy) is 1. The molecule has 0 aliphatic carbocycles. The Bertz CT molecular complexity index is 933. The van der Waals surface area contributed by atoms with E-state index in [1.807, 2.05) is 30.3 Å². The number of halogens is 1. The monoisotopic (exact) mass is 445 g/mol. The van der Waals surface area contributed by atoms with E-state index in [1.165, 1.54) is 6.08 Å². The van der Waals surface area contributed by atoms with Crippen LogP contribution in [0.2, 0.25) is 5.02 Å². The molecule has 0 aliphatic rings. The lowest BCUT2D eigenvalue weighted by atomic mass is 9.98. The minimum Gasteiger partial charge on any atom is -0.483 e. The van der Waals surface area contributed by atoms with Crippen LogP contribution in [0, 0.1) is 0 Å². The number of nitrogens with one attached hydrogen (secondary N) is 3. The second-order valence-electron chi connectivity index (χ2n) is 6.48. The Hall–Kier alpha value is -2.90. The molecule has 0 saturated carbocycles. The van der Waals surface area contributed by atoms with Gasteiger partial charge in [0.1, 0.15) is 5.75 Å². The molecule has 2 amide bonds. The van der Waals surface area contributed by atoms with Crippen molar-refractivity contribution in [3.8, 4) is 5.75 Å². The Morgan fingerprint density at radius 3 is 2.57 bits per heavy atom. The van der Waals surface area contributed by atoms with Crippen molar-refractivity contribution in [1.82, 2.24) is 16.2 Å². The maximum absolute atomic E-state index is 12.0. The van der Waals surface area contributed by atoms with Gasteiger partial charge >= 0.3 is 0 Å². The molecule has 0 bridgehead atoms. The van der Waals surface area contributed by atoms with E-state index in [9.17, 15) is 9.59 Å². The van der Waals surface area contributed by atoms with Crippen LogP contribution in [0.15, 0.2) is 54.6 Å². The van der Waals surface area contributed by atoms with Crippen molar-refractivity contribution >= 4 is 46.8 Å². The maximum atomic E-state index is 12.0. The summed E-state index contributed by atoms with van der Waals surface area (Å²) in [6.45, 7) is 4.01. The van der Waals surface area contributed by atoms with Gasteiger partial charge in [0, 0.05) is 11.1 Å². The number of carbonyl (C=O) groups is 2. The SMILES string of the molecule is CCC(C)c1ccccc1OCC(=O)NNC(=S)NC(=O)/C=C/c1ccccc1Cl. The average molecular weight is 446 g/mol. The zero-order chi connectivity index (χ0) is 21.9. The van der Waals surface area contributed by atoms with Crippen molar-refractivity contribution in [2.45, 2.75) is 26.2 Å². The lowest BCUT2D eigenvalue weighted by molar-refractivity contribution is -0.123. The Morgan fingerprint density at radius 2 is 1.83 bits per heavy atom. The van der Waals surface area contributed by atoms with E-state index in [-0.39, 0.29) is 11.7 Å². The number of hydrogen-bond acceptors (Lipinski definition) is 4. The molecule has 0 saturated heterocycles. The molecule has 1 atom stereocenters. The van der Waals surface area contributed by atoms with Gasteiger partial charge in [-0.1, -0.05) is 61.8 Å². The molecule has 0 aromatic heterocycles. The molecule has 2 aromatic carbocycles. The van der Waals surface area contributed by atoms with Gasteiger partial charge in [-0.2, -0.15) is 0 Å². The van der Waals surface area contributed by atoms with Gasteiger partial charge in [-0.25, -0.2) is 0 Å². The molecule has 30 heavy (non-hydrogen) atoms. The largest absolute Gasteiger partial charge is 0.483 e. The third kappa shape index (κ3) is 7.50. The molecule has 0 aliphatic heterocycles. The highest BCUT2D eigenvalue weighted by atomic mass is 35.5. The van der Waals surface area contributed by atoms with Crippen LogP contribution in [0.3, 0.4) is 0 Å². The number of hydrogen-bond donors (Lipinski definition) is 3. The molecule has 0 heterocycles. The summed E-state index contributed by atoms with van der Waals surface area (Å²) in [4.78, 5) is 23.9. The first-order valence-corrected chi connectivity index (χ1v) is 10.2. The predicted octanol–water partition coefficient (Wildman–Crippen LogP) is 3.97. The Kier molecular flexibility index (Phi) is 9.31. The Labute approximate surface area is 186 Å². The molecular formula is C22H24ClN3O3S. The lowest BCUT2D eigenvalue weighted by Gasteiger charge is -2.16. The highest BCUT2D eigenvalue weighted by Crippen LogP contribution is 2.28. The van der Waals surface area contributed by atoms with E-state index in [0.29, 0.717) is 22.3 Å². The number of carbonyl (C=O) groups excluding carboxylic acids is 2. The Balaban J connectivity index is 1.76. The van der Waals surface area contributed by atoms with Gasteiger partial charge in [-0.3, -0.25) is 25.8 Å². The van der Waals surface area contributed by atoms with Crippen LogP contribution in [0.1, 0.15) is 37.3 Å². The number of rotatable bonds is 7. The highest BCUT2D eigenvalue weighted by Gasteiger charge is 2.11. The average Bonchev–Trinajstić information content (AvgIpc) is 2.75. The molecule has 158 valence electrons. The van der Waals surface area contributed by atoms with E-state index in [2.05, 4.69) is 30.0 Å². The first kappa shape index (κ1) is 23.4. The molecule has 0 spiro atoms. The van der Waals surface area contributed by atoms with Crippen LogP contribution in [0.5, 0.6) is 5.75 Å². The van der Waals surface area contributed by atoms with Crippen molar-refractivity contribution in [3.05, 3.63) is 70.8 Å². The number of benzene rings is 2. The fraction of sp³-hybridized carbons (Fsp3) is 0.227. The maximum Gasteiger partial charge on any atom is 0.276 e. The fourth-order valence-electron chi connectivity index (χ4n) is 2.51. The summed E-state index contributed by atoms with van der Waals surface area (Å²) in [5.41, 5.74) is 6.61. The van der Waals surface area contributed by atoms with Gasteiger partial charge in [-0.05, 0) is 53.9 Å². The van der Waals surface area contributed by atoms with E-state index in [1.54, 1.807) is 24.3 Å². The number of hydrazine groups is 1. The predicted molar refractivity (Wildman–Crippen MR) is 123 cm³/mol. The first-order valence-electron chi connectivity index (χ1n) is 9.44. The van der Waals surface area contributed by atoms with Gasteiger partial charge in [0.25, 0.3) is 5.91 Å². The molecule has 3 N–H and O–H groups in total. The molecular weight excluding hydrogens is 422 g/mol. The third-order valence-electron chi connectivity index (χ3n) is 4.29. The number of para-hydroxylation sites is 1. The summed E-state index contributed by atoms with van der Waals surface area (Å²) < 4.78 is 5.63. The van der Waals surface area contributed by atoms with Crippen LogP contribution >= 0.6 is 23.8 Å². The van der Waals surface area contributed by atoms with Crippen molar-refractivity contribution in [3.63, 3.8) is 0 Å². The molecule has 2 rings (SSSR count). The standard InChI is InChI=1S/C22H24ClN3O3S/c1-3-15(2)17-9-5-7-11-19(17)29-14-21(28)25-26-22(30)24-20(27)13-12-16-8-4-6-10-18(16)23/h4-13,15H,3,14H2,1-2H3,(H,25,28)(H2,24,26,27,30)/b13-12+. The van der Waals surface area contributed by atoms with E-state index >= 15 is 0 Å². The molecule has 6 nitrogen and oxygen atoms in total. The van der Waals surface area contributed by atoms with Gasteiger partial charge in [0.05, 0.1) is 0 Å². The summed E-state index contributed by atoms with van der Waals surface area (Å²) in [5.74, 6) is 0.101. The van der Waals surface area contributed by atoms with Crippen LogP contribution in [-0.4, -0.2) is 23.5 Å². The van der Waals surface area contributed by atoms with Crippen molar-refractivity contribution in [1.29, 1.82) is 0 Å². The topological polar surface area (TPSA) is 79.5 Å². The molecule has 2 aromatic rings. The van der Waals surface area contributed by atoms with Crippen LogP contribution in [0.4, 0.5) is 0 Å². The van der Waals surface area contributed by atoms with E-state index in [4.69, 9.17) is 28.6 Å². The number of thiocarbonyl (C=S) groups is 1. The van der Waals surface area contributed by atoms with Crippen LogP contribution < -0.4 is 20.9 Å². The van der Waals surface area contributed by atoms with Gasteiger partial charge in [-0.15, -0.1) is 0 Å². The zero-order valence-electron chi connectivity index (χ0n) is 16.8. The zero-order valence-corrected chi connectivity index (χ0v) is 18.3. The summed E-state index contributed by atoms with van der Waals surface area (Å²) in [7, 11) is 0. The minimum atomic E-state index is -0.458. The number of amides is 2. The quantitative estimate of drug-likeness (QED) is 0.341. The second-order valence-corrected chi connectivity index (χ2v) is 7.30. The highest BCUT2D eigenvalue weighted by molar-refractivity contribution is 7.80. The van der Waals surface area contributed by atoms with Crippen molar-refractivity contribution in [2.24, 2.45) is 0 Å². The fourth-order valence-corrected chi connectivity index (χ4v) is 2.86. The van der Waals surface area contributed by atoms with Gasteiger partial charge < -0.3 is 4.74 Å². The van der Waals surface area contributed by atoms with E-state index in [0.717, 1.165) is 12.0 Å². The van der Waals surface area contributed by atoms with Crippen LogP contribution in [0.25, 0.3) is 6.08 Å². The second kappa shape index (κ2) is 11.9. The lowest BCUT2D eigenvalue weighted by Crippen LogP contribution is -2.49. The molecule has 1 unspecified atom stereocenters. The smallest absolute Gasteiger partial charge is 0.276 e. The summed E-state index contributed by atoms with van der Waals surface area (Å²) in [5, 5.41) is 2.91. The molecule has 8 heteroatoms. The van der Waals surface area contributed by atoms with Crippen molar-refractivity contribution in [2.75, 3.05) is 6.61 Å². The van der Waals surface area contributed by atoms with Crippen molar-refractivity contribution < 1.29 is 14.3 Å². The summed E-state index contributed by atoms with van der Waals surface area (Å²) in [6.07, 6.45) is 3.83. The minimum absolute atomic E-state index is 0.0443. The summed E-state index contributed by atoms with van der Waals surface area (Å²) in [6, 6.07) is 14.7. The molecule has 0 fully saturated rings. The van der Waals surface area contributed by atoms with Gasteiger partial charge in [0.2, 0.25) is 5.91 Å². The van der Waals surface area contributed by atoms with Crippen LogP contribution in [-0.2, 0) is 9.59 Å².